The summed E-state index contributed by atoms with van der Waals surface area (Å²) in [6.07, 6.45) is 43.7. The second kappa shape index (κ2) is 40.6. The van der Waals surface area contributed by atoms with E-state index in [1.165, 1.54) is 135 Å². The number of esters is 1. The van der Waals surface area contributed by atoms with Gasteiger partial charge in [0.2, 0.25) is 0 Å². The van der Waals surface area contributed by atoms with Gasteiger partial charge in [0.1, 0.15) is 12.1 Å². The topological polar surface area (TPSA) is 155 Å². The van der Waals surface area contributed by atoms with E-state index < -0.39 is 45.1 Å². The highest BCUT2D eigenvalue weighted by Crippen LogP contribution is 2.43. The lowest BCUT2D eigenvalue weighted by molar-refractivity contribution is -0.154. The van der Waals surface area contributed by atoms with Crippen LogP contribution < -0.4 is 5.73 Å². The molecule has 0 saturated heterocycles. The highest BCUT2D eigenvalue weighted by molar-refractivity contribution is 7.47. The second-order valence-corrected chi connectivity index (χ2v) is 16.6. The first-order valence-corrected chi connectivity index (χ1v) is 23.9. The maximum Gasteiger partial charge on any atom is 0.472 e. The van der Waals surface area contributed by atoms with Crippen LogP contribution in [0.4, 0.5) is 0 Å². The van der Waals surface area contributed by atoms with Gasteiger partial charge < -0.3 is 25.2 Å². The molecule has 0 fully saturated rings. The average molecular weight is 802 g/mol. The molecule has 3 unspecified atom stereocenters. The number of rotatable bonds is 43. The number of carboxylic acid groups (broad SMARTS) is 1. The Labute approximate surface area is 336 Å². The first-order valence-electron chi connectivity index (χ1n) is 22.4. The summed E-state index contributed by atoms with van der Waals surface area (Å²) in [5, 5.41) is 8.89. The Morgan fingerprint density at radius 2 is 0.945 bits per heavy atom. The summed E-state index contributed by atoms with van der Waals surface area (Å²) < 4.78 is 33.4. The maximum absolute atomic E-state index is 12.6. The van der Waals surface area contributed by atoms with E-state index in [4.69, 9.17) is 29.4 Å². The molecule has 0 aromatic rings. The largest absolute Gasteiger partial charge is 0.480 e. The molecular formula is C44H84NO9P. The van der Waals surface area contributed by atoms with Crippen LogP contribution in [0.25, 0.3) is 0 Å². The van der Waals surface area contributed by atoms with Crippen LogP contribution in [0.3, 0.4) is 0 Å². The molecule has 0 aromatic heterocycles. The quantitative estimate of drug-likeness (QED) is 0.0235. The van der Waals surface area contributed by atoms with E-state index in [1.54, 1.807) is 0 Å². The lowest BCUT2D eigenvalue weighted by atomic mass is 10.1. The monoisotopic (exact) mass is 802 g/mol. The highest BCUT2D eigenvalue weighted by Gasteiger charge is 2.27. The minimum absolute atomic E-state index is 0.0145. The van der Waals surface area contributed by atoms with Crippen molar-refractivity contribution in [3.63, 3.8) is 0 Å². The molecule has 0 amide bonds. The first-order chi connectivity index (χ1) is 26.7. The van der Waals surface area contributed by atoms with Gasteiger partial charge >= 0.3 is 19.8 Å². The van der Waals surface area contributed by atoms with Crippen molar-refractivity contribution in [3.8, 4) is 0 Å². The standard InChI is InChI=1S/C44H84NO9P/c1-3-5-7-9-11-13-15-17-19-20-21-22-23-24-26-28-30-32-34-36-43(46)54-41(39-52-55(49,50)53-40-42(45)44(47)48)38-51-37-35-33-31-29-27-25-18-16-14-12-10-8-6-4-2/h14,16-17,19,41-42H,3-13,15,18,20-40,45H2,1-2H3,(H,47,48)(H,49,50)/b16-14-,19-17-. The van der Waals surface area contributed by atoms with Crippen LogP contribution in [0.1, 0.15) is 206 Å². The third-order valence-corrected chi connectivity index (χ3v) is 10.7. The number of hydrogen-bond acceptors (Lipinski definition) is 8. The summed E-state index contributed by atoms with van der Waals surface area (Å²) in [5.41, 5.74) is 5.35. The Morgan fingerprint density at radius 1 is 0.564 bits per heavy atom. The smallest absolute Gasteiger partial charge is 0.472 e. The molecule has 55 heavy (non-hydrogen) atoms. The van der Waals surface area contributed by atoms with Crippen LogP contribution in [0, 0.1) is 0 Å². The SMILES string of the molecule is CCCCCC/C=C\CCCCCCCCOCC(COP(=O)(O)OCC(N)C(=O)O)OC(=O)CCCCCCCCCCC/C=C\CCCCCCCC. The molecule has 0 aliphatic heterocycles. The molecule has 0 bridgehead atoms. The van der Waals surface area contributed by atoms with Crippen LogP contribution in [0.15, 0.2) is 24.3 Å². The van der Waals surface area contributed by atoms with Gasteiger partial charge in [-0.1, -0.05) is 160 Å². The first kappa shape index (κ1) is 53.5. The molecule has 0 spiro atoms. The van der Waals surface area contributed by atoms with Crippen molar-refractivity contribution in [2.75, 3.05) is 26.4 Å². The van der Waals surface area contributed by atoms with Crippen molar-refractivity contribution in [2.24, 2.45) is 5.73 Å². The molecule has 0 saturated carbocycles. The number of carbonyl (C=O) groups excluding carboxylic acids is 1. The van der Waals surface area contributed by atoms with Crippen LogP contribution in [-0.2, 0) is 32.7 Å². The Kier molecular flexibility index (Phi) is 39.5. The number of aliphatic carboxylic acids is 1. The summed E-state index contributed by atoms with van der Waals surface area (Å²) in [7, 11) is -4.61. The van der Waals surface area contributed by atoms with Gasteiger partial charge in [0.15, 0.2) is 0 Å². The fraction of sp³-hybridized carbons (Fsp3) is 0.864. The number of allylic oxidation sites excluding steroid dienone is 4. The summed E-state index contributed by atoms with van der Waals surface area (Å²) in [4.78, 5) is 33.5. The maximum atomic E-state index is 12.6. The zero-order chi connectivity index (χ0) is 40.5. The van der Waals surface area contributed by atoms with Gasteiger partial charge in [-0.2, -0.15) is 0 Å². The molecule has 0 radical (unpaired) electrons. The Hall–Kier alpha value is -1.55. The van der Waals surface area contributed by atoms with Crippen LogP contribution in [-0.4, -0.2) is 60.5 Å². The van der Waals surface area contributed by atoms with Crippen molar-refractivity contribution < 1.29 is 42.7 Å². The Morgan fingerprint density at radius 3 is 1.40 bits per heavy atom. The molecule has 3 atom stereocenters. The number of unbranched alkanes of at least 4 members (excludes halogenated alkanes) is 25. The summed E-state index contributed by atoms with van der Waals surface area (Å²) in [6, 6.07) is -1.47. The second-order valence-electron chi connectivity index (χ2n) is 15.2. The summed E-state index contributed by atoms with van der Waals surface area (Å²) in [6.45, 7) is 3.87. The van der Waals surface area contributed by atoms with Crippen LogP contribution in [0.2, 0.25) is 0 Å². The molecule has 0 aromatic carbocycles. The van der Waals surface area contributed by atoms with E-state index in [9.17, 15) is 19.0 Å². The highest BCUT2D eigenvalue weighted by atomic mass is 31.2. The van der Waals surface area contributed by atoms with E-state index in [0.29, 0.717) is 13.0 Å². The fourth-order valence-corrected chi connectivity index (χ4v) is 6.96. The number of nitrogens with two attached hydrogens (primary N) is 1. The zero-order valence-electron chi connectivity index (χ0n) is 35.3. The van der Waals surface area contributed by atoms with Gasteiger partial charge in [0, 0.05) is 13.0 Å². The number of phosphoric acid groups is 1. The molecule has 324 valence electrons. The normalized spacial score (nSPS) is 14.1. The molecule has 4 N–H and O–H groups in total. The molecule has 10 nitrogen and oxygen atoms in total. The van der Waals surface area contributed by atoms with Crippen molar-refractivity contribution in [3.05, 3.63) is 24.3 Å². The van der Waals surface area contributed by atoms with Gasteiger partial charge in [-0.3, -0.25) is 18.6 Å². The van der Waals surface area contributed by atoms with Crippen molar-refractivity contribution in [1.29, 1.82) is 0 Å². The Balaban J connectivity index is 4.20. The fourth-order valence-electron chi connectivity index (χ4n) is 6.18. The number of hydrogen-bond donors (Lipinski definition) is 3. The van der Waals surface area contributed by atoms with E-state index in [2.05, 4.69) is 38.2 Å². The number of carboxylic acids is 1. The molecule has 0 rings (SSSR count). The van der Waals surface area contributed by atoms with Crippen molar-refractivity contribution in [2.45, 2.75) is 219 Å². The molecule has 11 heteroatoms. The van der Waals surface area contributed by atoms with Gasteiger partial charge in [-0.25, -0.2) is 4.57 Å². The predicted octanol–water partition coefficient (Wildman–Crippen LogP) is 12.3. The lowest BCUT2D eigenvalue weighted by Gasteiger charge is -2.20. The van der Waals surface area contributed by atoms with E-state index in [0.717, 1.165) is 44.9 Å². The van der Waals surface area contributed by atoms with Crippen molar-refractivity contribution in [1.82, 2.24) is 0 Å². The molecule has 0 aliphatic carbocycles. The van der Waals surface area contributed by atoms with Gasteiger partial charge in [-0.15, -0.1) is 0 Å². The van der Waals surface area contributed by atoms with E-state index in [1.807, 2.05) is 0 Å². The third kappa shape index (κ3) is 40.4. The lowest BCUT2D eigenvalue weighted by Crippen LogP contribution is -2.34. The van der Waals surface area contributed by atoms with Gasteiger partial charge in [0.05, 0.1) is 19.8 Å². The van der Waals surface area contributed by atoms with E-state index >= 15 is 0 Å². The van der Waals surface area contributed by atoms with Crippen molar-refractivity contribution >= 4 is 19.8 Å². The number of ether oxygens (including phenoxy) is 2. The molecule has 0 heterocycles. The average Bonchev–Trinajstić information content (AvgIpc) is 3.16. The Bertz CT molecular complexity index is 977. The molecule has 0 aliphatic rings. The summed E-state index contributed by atoms with van der Waals surface area (Å²) >= 11 is 0. The minimum atomic E-state index is -4.61. The third-order valence-electron chi connectivity index (χ3n) is 9.70. The zero-order valence-corrected chi connectivity index (χ0v) is 36.2. The summed E-state index contributed by atoms with van der Waals surface area (Å²) in [5.74, 6) is -1.78. The number of phosphoric ester groups is 1. The van der Waals surface area contributed by atoms with Crippen LogP contribution in [0.5, 0.6) is 0 Å². The minimum Gasteiger partial charge on any atom is -0.480 e. The van der Waals surface area contributed by atoms with E-state index in [-0.39, 0.29) is 13.0 Å². The van der Waals surface area contributed by atoms with Gasteiger partial charge in [-0.05, 0) is 64.2 Å². The number of carbonyl (C=O) groups is 2. The van der Waals surface area contributed by atoms with Gasteiger partial charge in [0.25, 0.3) is 0 Å². The predicted molar refractivity (Wildman–Crippen MR) is 226 cm³/mol. The molecular weight excluding hydrogens is 717 g/mol. The van der Waals surface area contributed by atoms with Crippen LogP contribution >= 0.6 is 7.82 Å².